The van der Waals surface area contributed by atoms with Crippen LogP contribution in [0, 0.1) is 6.92 Å². The monoisotopic (exact) mass is 419 g/mol. The van der Waals surface area contributed by atoms with E-state index in [0.717, 1.165) is 16.8 Å². The topological polar surface area (TPSA) is 100 Å². The van der Waals surface area contributed by atoms with Crippen molar-refractivity contribution in [1.29, 1.82) is 0 Å². The number of anilines is 1. The number of carboxylic acid groups (broad SMARTS) is 1. The number of ether oxygens (including phenoxy) is 1. The van der Waals surface area contributed by atoms with Crippen molar-refractivity contribution in [1.82, 2.24) is 4.57 Å². The third-order valence-electron chi connectivity index (χ3n) is 4.91. The van der Waals surface area contributed by atoms with E-state index >= 15 is 0 Å². The first-order valence-corrected chi connectivity index (χ1v) is 9.81. The summed E-state index contributed by atoms with van der Waals surface area (Å²) in [7, 11) is 1.28. The second-order valence-electron chi connectivity index (χ2n) is 7.12. The number of benzene rings is 2. The summed E-state index contributed by atoms with van der Waals surface area (Å²) in [6.45, 7) is 1.94. The molecule has 0 aliphatic rings. The maximum absolute atomic E-state index is 12.9. The molecule has 0 radical (unpaired) electrons. The number of esters is 1. The maximum Gasteiger partial charge on any atom is 0.339 e. The molecule has 1 N–H and O–H groups in total. The summed E-state index contributed by atoms with van der Waals surface area (Å²) in [6, 6.07) is 18.1. The Morgan fingerprint density at radius 3 is 2.39 bits per heavy atom. The van der Waals surface area contributed by atoms with Crippen LogP contribution in [0.25, 0.3) is 11.3 Å². The molecule has 7 heteroatoms. The van der Waals surface area contributed by atoms with Crippen molar-refractivity contribution in [3.63, 3.8) is 0 Å². The number of hydrogen-bond donors (Lipinski definition) is 1. The normalized spacial score (nSPS) is 10.5. The Labute approximate surface area is 180 Å². The molecular weight excluding hydrogens is 396 g/mol. The van der Waals surface area contributed by atoms with Gasteiger partial charge in [0.05, 0.1) is 18.4 Å². The van der Waals surface area contributed by atoms with Crippen LogP contribution in [0.15, 0.2) is 60.7 Å². The van der Waals surface area contributed by atoms with Gasteiger partial charge in [-0.2, -0.15) is 0 Å². The Balaban J connectivity index is 1.89. The van der Waals surface area contributed by atoms with Crippen LogP contribution in [0.4, 0.5) is 5.69 Å². The van der Waals surface area contributed by atoms with E-state index in [4.69, 9.17) is 4.74 Å². The van der Waals surface area contributed by atoms with Crippen molar-refractivity contribution in [3.8, 4) is 11.3 Å². The Hall–Kier alpha value is -3.87. The van der Waals surface area contributed by atoms with Crippen LogP contribution < -0.4 is 10.4 Å². The minimum atomic E-state index is -1.15. The quantitative estimate of drug-likeness (QED) is 0.566. The number of carbonyl (C=O) groups excluding carboxylic acids is 3. The molecule has 1 aromatic heterocycles. The lowest BCUT2D eigenvalue weighted by Gasteiger charge is -2.15. The SMILES string of the molecule is COC(=O)c1ccccc1NC(=O)Cn1c(CCC(=O)[O-])ccc1-c1ccc(C)cc1. The highest BCUT2D eigenvalue weighted by Crippen LogP contribution is 2.25. The average Bonchev–Trinajstić information content (AvgIpc) is 3.14. The van der Waals surface area contributed by atoms with Gasteiger partial charge < -0.3 is 24.5 Å². The summed E-state index contributed by atoms with van der Waals surface area (Å²) >= 11 is 0. The second kappa shape index (κ2) is 9.75. The zero-order valence-electron chi connectivity index (χ0n) is 17.4. The van der Waals surface area contributed by atoms with E-state index in [2.05, 4.69) is 5.32 Å². The summed E-state index contributed by atoms with van der Waals surface area (Å²) < 4.78 is 6.55. The number of nitrogens with zero attached hydrogens (tertiary/aromatic N) is 1. The lowest BCUT2D eigenvalue weighted by Crippen LogP contribution is -2.24. The molecule has 7 nitrogen and oxygen atoms in total. The molecule has 160 valence electrons. The first-order chi connectivity index (χ1) is 14.9. The lowest BCUT2D eigenvalue weighted by molar-refractivity contribution is -0.305. The molecule has 0 saturated heterocycles. The van der Waals surface area contributed by atoms with Gasteiger partial charge >= 0.3 is 5.97 Å². The van der Waals surface area contributed by atoms with Gasteiger partial charge in [0.15, 0.2) is 0 Å². The van der Waals surface area contributed by atoms with Crippen molar-refractivity contribution >= 4 is 23.5 Å². The Morgan fingerprint density at radius 1 is 1.00 bits per heavy atom. The van der Waals surface area contributed by atoms with E-state index in [0.29, 0.717) is 11.4 Å². The predicted molar refractivity (Wildman–Crippen MR) is 114 cm³/mol. The third kappa shape index (κ3) is 5.39. The number of para-hydroxylation sites is 1. The molecule has 0 atom stereocenters. The molecular formula is C24H23N2O5-. The summed E-state index contributed by atoms with van der Waals surface area (Å²) in [5.41, 5.74) is 4.12. The molecule has 0 unspecified atom stereocenters. The molecule has 2 aromatic carbocycles. The number of aryl methyl sites for hydroxylation is 2. The van der Waals surface area contributed by atoms with Crippen LogP contribution in [0.1, 0.15) is 28.0 Å². The maximum atomic E-state index is 12.9. The second-order valence-corrected chi connectivity index (χ2v) is 7.12. The molecule has 0 bridgehead atoms. The molecule has 0 saturated carbocycles. The van der Waals surface area contributed by atoms with E-state index in [-0.39, 0.29) is 30.9 Å². The lowest BCUT2D eigenvalue weighted by atomic mass is 10.1. The van der Waals surface area contributed by atoms with Crippen LogP contribution in [-0.4, -0.2) is 29.5 Å². The summed E-state index contributed by atoms with van der Waals surface area (Å²) in [6.07, 6.45) is 0.0877. The largest absolute Gasteiger partial charge is 0.550 e. The summed E-state index contributed by atoms with van der Waals surface area (Å²) in [5.74, 6) is -2.05. The number of methoxy groups -OCH3 is 1. The van der Waals surface area contributed by atoms with Gasteiger partial charge in [0.1, 0.15) is 6.54 Å². The molecule has 3 aromatic rings. The van der Waals surface area contributed by atoms with Crippen LogP contribution in [0.3, 0.4) is 0 Å². The van der Waals surface area contributed by atoms with Gasteiger partial charge in [0.25, 0.3) is 0 Å². The molecule has 3 rings (SSSR count). The van der Waals surface area contributed by atoms with Crippen molar-refractivity contribution in [2.24, 2.45) is 0 Å². The molecule has 0 aliphatic carbocycles. The summed E-state index contributed by atoms with van der Waals surface area (Å²) in [4.78, 5) is 35.8. The predicted octanol–water partition coefficient (Wildman–Crippen LogP) is 2.57. The highest BCUT2D eigenvalue weighted by atomic mass is 16.5. The molecule has 0 aliphatic heterocycles. The average molecular weight is 419 g/mol. The van der Waals surface area contributed by atoms with E-state index in [1.807, 2.05) is 43.3 Å². The zero-order chi connectivity index (χ0) is 22.4. The highest BCUT2D eigenvalue weighted by Gasteiger charge is 2.16. The molecule has 1 heterocycles. The van der Waals surface area contributed by atoms with Gasteiger partial charge in [-0.3, -0.25) is 4.79 Å². The number of rotatable bonds is 8. The zero-order valence-corrected chi connectivity index (χ0v) is 17.4. The first kappa shape index (κ1) is 21.8. The number of carbonyl (C=O) groups is 3. The fraction of sp³-hybridized carbons (Fsp3) is 0.208. The minimum Gasteiger partial charge on any atom is -0.550 e. The van der Waals surface area contributed by atoms with Gasteiger partial charge in [-0.15, -0.1) is 0 Å². The van der Waals surface area contributed by atoms with Crippen molar-refractivity contribution in [2.75, 3.05) is 12.4 Å². The standard InChI is InChI=1S/C24H24N2O5/c1-16-7-9-17(10-8-16)21-13-11-18(12-14-23(28)29)26(21)15-22(27)25-20-6-4-3-5-19(20)24(30)31-2/h3-11,13H,12,14-15H2,1-2H3,(H,25,27)(H,28,29)/p-1. The van der Waals surface area contributed by atoms with Crippen LogP contribution in [0.5, 0.6) is 0 Å². The molecule has 1 amide bonds. The first-order valence-electron chi connectivity index (χ1n) is 9.81. The van der Waals surface area contributed by atoms with Gasteiger partial charge in [0.2, 0.25) is 5.91 Å². The smallest absolute Gasteiger partial charge is 0.339 e. The molecule has 31 heavy (non-hydrogen) atoms. The number of hydrogen-bond acceptors (Lipinski definition) is 5. The van der Waals surface area contributed by atoms with Gasteiger partial charge in [-0.1, -0.05) is 42.0 Å². The minimum absolute atomic E-state index is 0.0475. The van der Waals surface area contributed by atoms with Gasteiger partial charge in [0, 0.05) is 17.4 Å². The Kier molecular flexibility index (Phi) is 6.87. The van der Waals surface area contributed by atoms with E-state index in [9.17, 15) is 19.5 Å². The number of amides is 1. The van der Waals surface area contributed by atoms with E-state index in [1.165, 1.54) is 7.11 Å². The van der Waals surface area contributed by atoms with Crippen molar-refractivity contribution < 1.29 is 24.2 Å². The fourth-order valence-electron chi connectivity index (χ4n) is 3.33. The number of aliphatic carboxylic acids is 1. The van der Waals surface area contributed by atoms with Crippen molar-refractivity contribution in [3.05, 3.63) is 77.5 Å². The van der Waals surface area contributed by atoms with Gasteiger partial charge in [-0.05, 0) is 49.6 Å². The van der Waals surface area contributed by atoms with Crippen molar-refractivity contribution in [2.45, 2.75) is 26.3 Å². The molecule has 0 fully saturated rings. The van der Waals surface area contributed by atoms with Crippen LogP contribution in [-0.2, 0) is 27.3 Å². The third-order valence-corrected chi connectivity index (χ3v) is 4.91. The van der Waals surface area contributed by atoms with E-state index in [1.54, 1.807) is 28.8 Å². The van der Waals surface area contributed by atoms with E-state index < -0.39 is 11.9 Å². The summed E-state index contributed by atoms with van der Waals surface area (Å²) in [5, 5.41) is 13.7. The number of aromatic nitrogens is 1. The Bertz CT molecular complexity index is 1100. The highest BCUT2D eigenvalue weighted by molar-refractivity contribution is 6.01. The number of carboxylic acids is 1. The van der Waals surface area contributed by atoms with Crippen LogP contribution in [0.2, 0.25) is 0 Å². The Morgan fingerprint density at radius 2 is 1.71 bits per heavy atom. The van der Waals surface area contributed by atoms with Crippen LogP contribution >= 0.6 is 0 Å². The van der Waals surface area contributed by atoms with Gasteiger partial charge in [-0.25, -0.2) is 4.79 Å². The number of nitrogens with one attached hydrogen (secondary N) is 1. The fourth-order valence-corrected chi connectivity index (χ4v) is 3.33. The molecule has 0 spiro atoms.